The molecule has 0 aliphatic heterocycles. The number of carbonyl (C=O) groups excluding carboxylic acids is 2. The number of anilines is 1. The van der Waals surface area contributed by atoms with Crippen molar-refractivity contribution in [2.75, 3.05) is 23.7 Å². The van der Waals surface area contributed by atoms with E-state index in [4.69, 9.17) is 34.8 Å². The van der Waals surface area contributed by atoms with Crippen molar-refractivity contribution in [3.8, 4) is 0 Å². The molecule has 0 saturated heterocycles. The van der Waals surface area contributed by atoms with E-state index in [0.717, 1.165) is 34.5 Å². The zero-order valence-corrected chi connectivity index (χ0v) is 23.2. The first-order valence-corrected chi connectivity index (χ1v) is 14.1. The number of benzene rings is 2. The molecule has 1 atom stereocenters. The number of nitrogens with one attached hydrogen (secondary N) is 1. The molecule has 11 heteroatoms. The predicted octanol–water partition coefficient (Wildman–Crippen LogP) is 5.05. The van der Waals surface area contributed by atoms with Crippen LogP contribution in [0.25, 0.3) is 0 Å². The number of amides is 2. The molecule has 0 aliphatic carbocycles. The van der Waals surface area contributed by atoms with Crippen LogP contribution >= 0.6 is 34.8 Å². The number of rotatable bonds is 11. The molecule has 192 valence electrons. The van der Waals surface area contributed by atoms with Crippen LogP contribution in [-0.2, 0) is 26.2 Å². The fourth-order valence-corrected chi connectivity index (χ4v) is 4.97. The van der Waals surface area contributed by atoms with Gasteiger partial charge in [-0.1, -0.05) is 78.0 Å². The van der Waals surface area contributed by atoms with Gasteiger partial charge in [-0.2, -0.15) is 0 Å². The Hall–Kier alpha value is -2.00. The van der Waals surface area contributed by atoms with E-state index in [1.165, 1.54) is 17.0 Å². The van der Waals surface area contributed by atoms with Crippen LogP contribution in [0.15, 0.2) is 36.4 Å². The Morgan fingerprint density at radius 3 is 2.31 bits per heavy atom. The SMILES string of the molecule is CCCCNC(=O)C(C)N(Cc1cccc(C)c1)C(=O)CN(c1cc(Cl)c(Cl)cc1Cl)S(C)(=O)=O. The molecule has 0 aliphatic rings. The third-order valence-electron chi connectivity index (χ3n) is 5.37. The molecule has 35 heavy (non-hydrogen) atoms. The van der Waals surface area contributed by atoms with E-state index in [-0.39, 0.29) is 33.2 Å². The molecule has 2 rings (SSSR count). The van der Waals surface area contributed by atoms with Gasteiger partial charge in [-0.05, 0) is 38.0 Å². The molecule has 0 saturated carbocycles. The van der Waals surface area contributed by atoms with Crippen LogP contribution in [0.4, 0.5) is 5.69 Å². The van der Waals surface area contributed by atoms with Crippen LogP contribution in [0.1, 0.15) is 37.8 Å². The lowest BCUT2D eigenvalue weighted by Crippen LogP contribution is -2.51. The second kappa shape index (κ2) is 12.8. The van der Waals surface area contributed by atoms with E-state index in [0.29, 0.717) is 6.54 Å². The smallest absolute Gasteiger partial charge is 0.244 e. The molecule has 0 heterocycles. The van der Waals surface area contributed by atoms with E-state index >= 15 is 0 Å². The first-order chi connectivity index (χ1) is 16.3. The van der Waals surface area contributed by atoms with Gasteiger partial charge >= 0.3 is 0 Å². The Balaban J connectivity index is 2.42. The number of unbranched alkanes of at least 4 members (excludes halogenated alkanes) is 1. The highest BCUT2D eigenvalue weighted by Gasteiger charge is 2.31. The van der Waals surface area contributed by atoms with E-state index in [1.54, 1.807) is 6.92 Å². The van der Waals surface area contributed by atoms with E-state index < -0.39 is 28.5 Å². The third kappa shape index (κ3) is 8.27. The van der Waals surface area contributed by atoms with Gasteiger partial charge in [0.2, 0.25) is 21.8 Å². The molecule has 2 aromatic rings. The molecule has 2 amide bonds. The predicted molar refractivity (Wildman–Crippen MR) is 143 cm³/mol. The minimum atomic E-state index is -3.94. The molecule has 0 spiro atoms. The van der Waals surface area contributed by atoms with Gasteiger partial charge in [-0.3, -0.25) is 13.9 Å². The number of hydrogen-bond acceptors (Lipinski definition) is 4. The van der Waals surface area contributed by atoms with Gasteiger partial charge in [0, 0.05) is 13.1 Å². The van der Waals surface area contributed by atoms with Crippen molar-refractivity contribution in [1.82, 2.24) is 10.2 Å². The molecule has 1 unspecified atom stereocenters. The maximum Gasteiger partial charge on any atom is 0.244 e. The van der Waals surface area contributed by atoms with Gasteiger partial charge in [-0.25, -0.2) is 8.42 Å². The normalized spacial score (nSPS) is 12.2. The monoisotopic (exact) mass is 561 g/mol. The van der Waals surface area contributed by atoms with Gasteiger partial charge in [0.25, 0.3) is 0 Å². The minimum absolute atomic E-state index is 0.0208. The molecule has 0 radical (unpaired) electrons. The number of nitrogens with zero attached hydrogens (tertiary/aromatic N) is 2. The number of aryl methyl sites for hydroxylation is 1. The summed E-state index contributed by atoms with van der Waals surface area (Å²) in [4.78, 5) is 27.7. The van der Waals surface area contributed by atoms with Crippen molar-refractivity contribution in [3.63, 3.8) is 0 Å². The van der Waals surface area contributed by atoms with Crippen LogP contribution in [0.3, 0.4) is 0 Å². The Morgan fingerprint density at radius 2 is 1.71 bits per heavy atom. The maximum absolute atomic E-state index is 13.5. The molecule has 0 aromatic heterocycles. The zero-order valence-electron chi connectivity index (χ0n) is 20.1. The summed E-state index contributed by atoms with van der Waals surface area (Å²) in [6.45, 7) is 5.59. The number of halogens is 3. The summed E-state index contributed by atoms with van der Waals surface area (Å²) < 4.78 is 26.2. The number of carbonyl (C=O) groups is 2. The standard InChI is InChI=1S/C24H30Cl3N3O4S/c1-5-6-10-28-24(32)17(3)29(14-18-9-7-8-16(2)11-18)23(31)15-30(35(4,33)34)22-13-20(26)19(25)12-21(22)27/h7-9,11-13,17H,5-6,10,14-15H2,1-4H3,(H,28,32). The molecule has 1 N–H and O–H groups in total. The highest BCUT2D eigenvalue weighted by Crippen LogP contribution is 2.35. The third-order valence-corrected chi connectivity index (χ3v) is 7.52. The summed E-state index contributed by atoms with van der Waals surface area (Å²) >= 11 is 18.3. The van der Waals surface area contributed by atoms with Gasteiger partial charge < -0.3 is 10.2 Å². The molecule has 0 fully saturated rings. The number of hydrogen-bond donors (Lipinski definition) is 1. The minimum Gasteiger partial charge on any atom is -0.354 e. The fraction of sp³-hybridized carbons (Fsp3) is 0.417. The van der Waals surface area contributed by atoms with Gasteiger partial charge in [0.15, 0.2) is 0 Å². The lowest BCUT2D eigenvalue weighted by atomic mass is 10.1. The van der Waals surface area contributed by atoms with E-state index in [9.17, 15) is 18.0 Å². The Kier molecular flexibility index (Phi) is 10.7. The molecule has 2 aromatic carbocycles. The molecule has 7 nitrogen and oxygen atoms in total. The summed E-state index contributed by atoms with van der Waals surface area (Å²) in [5.74, 6) is -0.893. The summed E-state index contributed by atoms with van der Waals surface area (Å²) in [6.07, 6.45) is 2.68. The maximum atomic E-state index is 13.5. The lowest BCUT2D eigenvalue weighted by molar-refractivity contribution is -0.139. The number of sulfonamides is 1. The average Bonchev–Trinajstić information content (AvgIpc) is 2.77. The molecule has 0 bridgehead atoms. The first kappa shape index (κ1) is 29.2. The largest absolute Gasteiger partial charge is 0.354 e. The first-order valence-electron chi connectivity index (χ1n) is 11.1. The van der Waals surface area contributed by atoms with Crippen molar-refractivity contribution in [1.29, 1.82) is 0 Å². The van der Waals surface area contributed by atoms with E-state index in [2.05, 4.69) is 5.32 Å². The average molecular weight is 563 g/mol. The topological polar surface area (TPSA) is 86.8 Å². The van der Waals surface area contributed by atoms with Gasteiger partial charge in [0.1, 0.15) is 12.6 Å². The van der Waals surface area contributed by atoms with Crippen molar-refractivity contribution in [3.05, 3.63) is 62.6 Å². The summed E-state index contributed by atoms with van der Waals surface area (Å²) in [7, 11) is -3.94. The van der Waals surface area contributed by atoms with Gasteiger partial charge in [-0.15, -0.1) is 0 Å². The lowest BCUT2D eigenvalue weighted by Gasteiger charge is -2.32. The van der Waals surface area contributed by atoms with Crippen LogP contribution in [0, 0.1) is 6.92 Å². The summed E-state index contributed by atoms with van der Waals surface area (Å²) in [5, 5.41) is 3.10. The van der Waals surface area contributed by atoms with Crippen molar-refractivity contribution in [2.45, 2.75) is 46.2 Å². The quantitative estimate of drug-likeness (QED) is 0.307. The summed E-state index contributed by atoms with van der Waals surface area (Å²) in [6, 6.07) is 9.31. The van der Waals surface area contributed by atoms with Gasteiger partial charge in [0.05, 0.1) is 27.0 Å². The summed E-state index contributed by atoms with van der Waals surface area (Å²) in [5.41, 5.74) is 1.83. The Morgan fingerprint density at radius 1 is 1.06 bits per heavy atom. The van der Waals surface area contributed by atoms with Crippen molar-refractivity contribution < 1.29 is 18.0 Å². The van der Waals surface area contributed by atoms with Crippen LogP contribution < -0.4 is 9.62 Å². The highest BCUT2D eigenvalue weighted by molar-refractivity contribution is 7.92. The molecular formula is C24H30Cl3N3O4S. The fourth-order valence-electron chi connectivity index (χ4n) is 3.42. The Labute approximate surface area is 222 Å². The Bertz CT molecular complexity index is 1170. The van der Waals surface area contributed by atoms with Crippen LogP contribution in [-0.4, -0.2) is 50.5 Å². The second-order valence-corrected chi connectivity index (χ2v) is 11.4. The zero-order chi connectivity index (χ0) is 26.3. The van der Waals surface area contributed by atoms with E-state index in [1.807, 2.05) is 38.1 Å². The van der Waals surface area contributed by atoms with Crippen LogP contribution in [0.2, 0.25) is 15.1 Å². The highest BCUT2D eigenvalue weighted by atomic mass is 35.5. The van der Waals surface area contributed by atoms with Crippen molar-refractivity contribution >= 4 is 62.3 Å². The second-order valence-electron chi connectivity index (χ2n) is 8.32. The van der Waals surface area contributed by atoms with Crippen LogP contribution in [0.5, 0.6) is 0 Å². The molecular weight excluding hydrogens is 533 g/mol. The van der Waals surface area contributed by atoms with Crippen molar-refractivity contribution in [2.24, 2.45) is 0 Å².